The molecule has 1 fully saturated rings. The highest BCUT2D eigenvalue weighted by atomic mass is 35.5. The Bertz CT molecular complexity index is 891. The number of halogens is 1. The summed E-state index contributed by atoms with van der Waals surface area (Å²) in [5, 5.41) is 0.326. The second-order valence-electron chi connectivity index (χ2n) is 6.46. The van der Waals surface area contributed by atoms with E-state index in [4.69, 9.17) is 11.6 Å². The molecule has 0 atom stereocenters. The maximum atomic E-state index is 12.8. The van der Waals surface area contributed by atoms with E-state index in [1.807, 2.05) is 12.1 Å². The van der Waals surface area contributed by atoms with Gasteiger partial charge in [0.15, 0.2) is 0 Å². The molecule has 27 heavy (non-hydrogen) atoms. The van der Waals surface area contributed by atoms with Gasteiger partial charge in [0, 0.05) is 32.4 Å². The van der Waals surface area contributed by atoms with Crippen LogP contribution >= 0.6 is 11.6 Å². The van der Waals surface area contributed by atoms with Crippen LogP contribution in [0.1, 0.15) is 29.3 Å². The molecule has 8 heteroatoms. The van der Waals surface area contributed by atoms with E-state index in [9.17, 15) is 13.2 Å². The Kier molecular flexibility index (Phi) is 6.14. The van der Waals surface area contributed by atoms with Crippen molar-refractivity contribution in [1.82, 2.24) is 14.2 Å². The van der Waals surface area contributed by atoms with Crippen LogP contribution in [0.2, 0.25) is 5.15 Å². The first kappa shape index (κ1) is 19.8. The summed E-state index contributed by atoms with van der Waals surface area (Å²) in [4.78, 5) is 18.4. The number of nitrogens with zero attached hydrogens (tertiary/aromatic N) is 3. The van der Waals surface area contributed by atoms with Crippen LogP contribution in [-0.4, -0.2) is 54.7 Å². The normalized spacial score (nSPS) is 15.7. The highest BCUT2D eigenvalue weighted by Gasteiger charge is 2.30. The first-order valence-electron chi connectivity index (χ1n) is 8.91. The molecule has 1 aliphatic rings. The minimum absolute atomic E-state index is 0.167. The maximum absolute atomic E-state index is 12.8. The average molecular weight is 408 g/mol. The van der Waals surface area contributed by atoms with Crippen molar-refractivity contribution in [3.63, 3.8) is 0 Å². The van der Waals surface area contributed by atoms with Crippen LogP contribution in [0.3, 0.4) is 0 Å². The molecule has 0 N–H and O–H groups in total. The number of piperazine rings is 1. The van der Waals surface area contributed by atoms with Gasteiger partial charge in [-0.05, 0) is 36.2 Å². The lowest BCUT2D eigenvalue weighted by Gasteiger charge is -2.34. The van der Waals surface area contributed by atoms with Crippen molar-refractivity contribution >= 4 is 27.5 Å². The van der Waals surface area contributed by atoms with E-state index >= 15 is 0 Å². The fourth-order valence-corrected chi connectivity index (χ4v) is 4.62. The zero-order valence-electron chi connectivity index (χ0n) is 15.1. The lowest BCUT2D eigenvalue weighted by Crippen LogP contribution is -2.50. The minimum atomic E-state index is -3.55. The summed E-state index contributed by atoms with van der Waals surface area (Å²) in [5.41, 5.74) is 1.57. The van der Waals surface area contributed by atoms with Gasteiger partial charge in [0.1, 0.15) is 5.15 Å². The van der Waals surface area contributed by atoms with Crippen LogP contribution < -0.4 is 0 Å². The summed E-state index contributed by atoms with van der Waals surface area (Å²) in [6.07, 6.45) is 3.39. The van der Waals surface area contributed by atoms with Crippen molar-refractivity contribution in [2.75, 3.05) is 26.2 Å². The van der Waals surface area contributed by atoms with Gasteiger partial charge in [-0.3, -0.25) is 4.79 Å². The van der Waals surface area contributed by atoms with E-state index in [0.29, 0.717) is 28.7 Å². The van der Waals surface area contributed by atoms with Crippen LogP contribution in [-0.2, 0) is 16.4 Å². The summed E-state index contributed by atoms with van der Waals surface area (Å²) in [5.74, 6) is -0.167. The maximum Gasteiger partial charge on any atom is 0.255 e. The third kappa shape index (κ3) is 4.48. The SMILES string of the molecule is CCCc1ccc(S(=O)(=O)N2CCN(C(=O)c3ccc(Cl)nc3)CC2)cc1. The van der Waals surface area contributed by atoms with Crippen LogP contribution in [0.4, 0.5) is 0 Å². The third-order valence-corrected chi connectivity index (χ3v) is 6.74. The Balaban J connectivity index is 1.65. The molecule has 144 valence electrons. The van der Waals surface area contributed by atoms with Gasteiger partial charge in [-0.2, -0.15) is 4.31 Å². The minimum Gasteiger partial charge on any atom is -0.336 e. The van der Waals surface area contributed by atoms with Crippen molar-refractivity contribution in [1.29, 1.82) is 0 Å². The summed E-state index contributed by atoms with van der Waals surface area (Å²) >= 11 is 5.75. The molecule has 6 nitrogen and oxygen atoms in total. The topological polar surface area (TPSA) is 70.6 Å². The van der Waals surface area contributed by atoms with Gasteiger partial charge >= 0.3 is 0 Å². The van der Waals surface area contributed by atoms with Crippen molar-refractivity contribution in [3.8, 4) is 0 Å². The number of sulfonamides is 1. The van der Waals surface area contributed by atoms with Crippen molar-refractivity contribution in [2.45, 2.75) is 24.7 Å². The van der Waals surface area contributed by atoms with Crippen LogP contribution in [0.25, 0.3) is 0 Å². The molecule has 1 aliphatic heterocycles. The van der Waals surface area contributed by atoms with E-state index in [2.05, 4.69) is 11.9 Å². The second kappa shape index (κ2) is 8.37. The first-order chi connectivity index (χ1) is 12.9. The second-order valence-corrected chi connectivity index (χ2v) is 8.79. The largest absolute Gasteiger partial charge is 0.336 e. The van der Waals surface area contributed by atoms with Crippen molar-refractivity contribution in [3.05, 3.63) is 58.9 Å². The zero-order chi connectivity index (χ0) is 19.4. The molecule has 3 rings (SSSR count). The highest BCUT2D eigenvalue weighted by molar-refractivity contribution is 7.89. The van der Waals surface area contributed by atoms with Crippen LogP contribution in [0.15, 0.2) is 47.5 Å². The number of pyridine rings is 1. The quantitative estimate of drug-likeness (QED) is 0.714. The number of aromatic nitrogens is 1. The number of rotatable bonds is 5. The number of hydrogen-bond donors (Lipinski definition) is 0. The van der Waals surface area contributed by atoms with E-state index in [-0.39, 0.29) is 19.0 Å². The van der Waals surface area contributed by atoms with E-state index < -0.39 is 10.0 Å². The highest BCUT2D eigenvalue weighted by Crippen LogP contribution is 2.19. The molecule has 0 aliphatic carbocycles. The molecule has 0 spiro atoms. The number of benzene rings is 1. The molecular weight excluding hydrogens is 386 g/mol. The molecular formula is C19H22ClN3O3S. The predicted octanol–water partition coefficient (Wildman–Crippen LogP) is 2.83. The van der Waals surface area contributed by atoms with Gasteiger partial charge in [-0.15, -0.1) is 0 Å². The first-order valence-corrected chi connectivity index (χ1v) is 10.7. The monoisotopic (exact) mass is 407 g/mol. The molecule has 2 aromatic rings. The van der Waals surface area contributed by atoms with E-state index in [0.717, 1.165) is 18.4 Å². The van der Waals surface area contributed by atoms with Gasteiger partial charge in [-0.1, -0.05) is 37.1 Å². The number of aryl methyl sites for hydroxylation is 1. The van der Waals surface area contributed by atoms with Gasteiger partial charge in [0.05, 0.1) is 10.5 Å². The Morgan fingerprint density at radius 2 is 1.74 bits per heavy atom. The van der Waals surface area contributed by atoms with Gasteiger partial charge < -0.3 is 4.90 Å². The Morgan fingerprint density at radius 3 is 2.30 bits per heavy atom. The fraction of sp³-hybridized carbons (Fsp3) is 0.368. The van der Waals surface area contributed by atoms with E-state index in [1.54, 1.807) is 29.2 Å². The van der Waals surface area contributed by atoms with Crippen molar-refractivity contribution < 1.29 is 13.2 Å². The molecule has 0 saturated carbocycles. The van der Waals surface area contributed by atoms with Gasteiger partial charge in [0.2, 0.25) is 10.0 Å². The Hall–Kier alpha value is -1.96. The standard InChI is InChI=1S/C19H22ClN3O3S/c1-2-3-15-4-7-17(8-5-15)27(25,26)23-12-10-22(11-13-23)19(24)16-6-9-18(20)21-14-16/h4-9,14H,2-3,10-13H2,1H3. The molecule has 1 aromatic carbocycles. The van der Waals surface area contributed by atoms with Crippen LogP contribution in [0, 0.1) is 0 Å². The molecule has 2 heterocycles. The third-order valence-electron chi connectivity index (χ3n) is 4.60. The Labute approximate surface area is 164 Å². The lowest BCUT2D eigenvalue weighted by atomic mass is 10.1. The summed E-state index contributed by atoms with van der Waals surface area (Å²) < 4.78 is 27.1. The predicted molar refractivity (Wildman–Crippen MR) is 104 cm³/mol. The smallest absolute Gasteiger partial charge is 0.255 e. The fourth-order valence-electron chi connectivity index (χ4n) is 3.08. The molecule has 0 bridgehead atoms. The Morgan fingerprint density at radius 1 is 1.07 bits per heavy atom. The van der Waals surface area contributed by atoms with E-state index in [1.165, 1.54) is 10.5 Å². The van der Waals surface area contributed by atoms with Crippen LogP contribution in [0.5, 0.6) is 0 Å². The summed E-state index contributed by atoms with van der Waals surface area (Å²) in [6, 6.07) is 10.2. The number of carbonyl (C=O) groups excluding carboxylic acids is 1. The number of carbonyl (C=O) groups is 1. The van der Waals surface area contributed by atoms with Crippen molar-refractivity contribution in [2.24, 2.45) is 0 Å². The molecule has 1 saturated heterocycles. The average Bonchev–Trinajstić information content (AvgIpc) is 2.69. The summed E-state index contributed by atoms with van der Waals surface area (Å²) in [6.45, 7) is 3.31. The lowest BCUT2D eigenvalue weighted by molar-refractivity contribution is 0.0697. The summed E-state index contributed by atoms with van der Waals surface area (Å²) in [7, 11) is -3.55. The number of hydrogen-bond acceptors (Lipinski definition) is 4. The molecule has 1 aromatic heterocycles. The molecule has 0 unspecified atom stereocenters. The molecule has 0 radical (unpaired) electrons. The van der Waals surface area contributed by atoms with Gasteiger partial charge in [-0.25, -0.2) is 13.4 Å². The zero-order valence-corrected chi connectivity index (χ0v) is 16.7. The number of amides is 1. The van der Waals surface area contributed by atoms with Gasteiger partial charge in [0.25, 0.3) is 5.91 Å². The molecule has 1 amide bonds.